The maximum atomic E-state index is 9.62. The van der Waals surface area contributed by atoms with Gasteiger partial charge in [0.25, 0.3) is 0 Å². The Morgan fingerprint density at radius 2 is 2.75 bits per heavy atom. The first-order valence-electron chi connectivity index (χ1n) is 1.95. The third-order valence-electron chi connectivity index (χ3n) is 0.607. The molecular formula is C4H3N2OS. The number of nitrogens with zero attached hydrogens (tertiary/aromatic N) is 1. The monoisotopic (exact) mass is 127 g/mol. The fourth-order valence-electron chi connectivity index (χ4n) is 0.328. The summed E-state index contributed by atoms with van der Waals surface area (Å²) in [6, 6.07) is 0. The number of rotatable bonds is 2. The Balaban J connectivity index is 2.62. The zero-order valence-corrected chi connectivity index (χ0v) is 4.73. The maximum absolute atomic E-state index is 9.62. The van der Waals surface area contributed by atoms with Gasteiger partial charge in [-0.3, -0.25) is 9.78 Å². The predicted molar refractivity (Wildman–Crippen MR) is 31.4 cm³/mol. The smallest absolute Gasteiger partial charge is 0.308 e. The van der Waals surface area contributed by atoms with Crippen LogP contribution in [0.2, 0.25) is 0 Å². The molecule has 4 heteroatoms. The van der Waals surface area contributed by atoms with Crippen LogP contribution in [0.5, 0.6) is 0 Å². The Hall–Kier alpha value is -0.900. The van der Waals surface area contributed by atoms with Gasteiger partial charge < -0.3 is 5.32 Å². The normalized spacial score (nSPS) is 8.50. The van der Waals surface area contributed by atoms with E-state index in [1.807, 2.05) is 0 Å². The molecule has 0 aliphatic heterocycles. The third kappa shape index (κ3) is 1.04. The first-order valence-corrected chi connectivity index (χ1v) is 2.83. The van der Waals surface area contributed by atoms with Crippen molar-refractivity contribution >= 4 is 22.7 Å². The van der Waals surface area contributed by atoms with E-state index in [4.69, 9.17) is 0 Å². The Morgan fingerprint density at radius 1 is 1.88 bits per heavy atom. The molecule has 1 amide bonds. The third-order valence-corrected chi connectivity index (χ3v) is 1.30. The molecule has 0 spiro atoms. The van der Waals surface area contributed by atoms with Crippen molar-refractivity contribution in [3.05, 3.63) is 11.7 Å². The molecule has 0 bridgehead atoms. The molecule has 0 aliphatic carbocycles. The second kappa shape index (κ2) is 2.42. The number of carbonyl (C=O) groups excluding carboxylic acids is 1. The zero-order chi connectivity index (χ0) is 5.82. The molecular weight excluding hydrogens is 124 g/mol. The summed E-state index contributed by atoms with van der Waals surface area (Å²) in [5, 5.41) is 3.06. The second-order valence-corrected chi connectivity index (χ2v) is 1.98. The minimum atomic E-state index is 0.722. The van der Waals surface area contributed by atoms with Gasteiger partial charge in [0.1, 0.15) is 5.00 Å². The number of nitrogens with one attached hydrogen (secondary N) is 1. The number of hydrogen-bond donors (Lipinski definition) is 1. The van der Waals surface area contributed by atoms with Crippen LogP contribution < -0.4 is 5.32 Å². The summed E-state index contributed by atoms with van der Waals surface area (Å²) in [5.74, 6) is 0. The van der Waals surface area contributed by atoms with Crippen molar-refractivity contribution in [2.24, 2.45) is 0 Å². The van der Waals surface area contributed by atoms with Gasteiger partial charge in [0.05, 0.1) is 11.7 Å². The van der Waals surface area contributed by atoms with Crippen LogP contribution in [0.25, 0.3) is 0 Å². The minimum absolute atomic E-state index is 0.722. The molecule has 1 N–H and O–H groups in total. The highest BCUT2D eigenvalue weighted by Crippen LogP contribution is 2.09. The van der Waals surface area contributed by atoms with E-state index in [9.17, 15) is 4.79 Å². The molecule has 0 atom stereocenters. The molecule has 0 saturated carbocycles. The first kappa shape index (κ1) is 5.24. The highest BCUT2D eigenvalue weighted by Gasteiger charge is 1.87. The molecule has 0 fully saturated rings. The lowest BCUT2D eigenvalue weighted by Gasteiger charge is -1.81. The van der Waals surface area contributed by atoms with E-state index in [1.165, 1.54) is 11.3 Å². The maximum Gasteiger partial charge on any atom is 0.314 e. The molecule has 41 valence electrons. The van der Waals surface area contributed by atoms with Crippen molar-refractivity contribution in [3.63, 3.8) is 0 Å². The topological polar surface area (TPSA) is 42.0 Å². The van der Waals surface area contributed by atoms with Gasteiger partial charge in [-0.1, -0.05) is 0 Å². The van der Waals surface area contributed by atoms with Gasteiger partial charge >= 0.3 is 6.41 Å². The summed E-state index contributed by atoms with van der Waals surface area (Å²) in [7, 11) is 0. The van der Waals surface area contributed by atoms with Crippen molar-refractivity contribution < 1.29 is 4.79 Å². The highest BCUT2D eigenvalue weighted by molar-refractivity contribution is 7.13. The van der Waals surface area contributed by atoms with Crippen LogP contribution in [-0.4, -0.2) is 11.4 Å². The predicted octanol–water partition coefficient (Wildman–Crippen LogP) is 0.622. The average molecular weight is 127 g/mol. The van der Waals surface area contributed by atoms with Gasteiger partial charge in [-0.05, 0) is 0 Å². The molecule has 0 unspecified atom stereocenters. The molecule has 0 aliphatic rings. The van der Waals surface area contributed by atoms with Gasteiger partial charge in [-0.15, -0.1) is 11.3 Å². The standard InChI is InChI=1S/C4H3N2OS/c7-2-6-4-1-5-3-8-4/h1,3H,(H,6,7). The van der Waals surface area contributed by atoms with Crippen LogP contribution in [0.4, 0.5) is 5.00 Å². The van der Waals surface area contributed by atoms with E-state index >= 15 is 0 Å². The lowest BCUT2D eigenvalue weighted by atomic mass is 10.8. The Kier molecular flexibility index (Phi) is 1.58. The summed E-state index contributed by atoms with van der Waals surface area (Å²) in [4.78, 5) is 13.3. The largest absolute Gasteiger partial charge is 0.314 e. The van der Waals surface area contributed by atoms with E-state index < -0.39 is 0 Å². The summed E-state index contributed by atoms with van der Waals surface area (Å²) in [6.07, 6.45) is 3.11. The van der Waals surface area contributed by atoms with Gasteiger partial charge in [0.2, 0.25) is 0 Å². The molecule has 3 nitrogen and oxygen atoms in total. The second-order valence-electron chi connectivity index (χ2n) is 1.09. The van der Waals surface area contributed by atoms with E-state index in [0.29, 0.717) is 0 Å². The number of thiazole rings is 1. The van der Waals surface area contributed by atoms with Gasteiger partial charge in [-0.2, -0.15) is 0 Å². The van der Waals surface area contributed by atoms with Gasteiger partial charge in [0, 0.05) is 0 Å². The fraction of sp³-hybridized carbons (Fsp3) is 0. The number of aromatic nitrogens is 1. The fourth-order valence-corrected chi connectivity index (χ4v) is 0.785. The van der Waals surface area contributed by atoms with Crippen LogP contribution in [0.1, 0.15) is 0 Å². The zero-order valence-electron chi connectivity index (χ0n) is 3.92. The number of anilines is 1. The van der Waals surface area contributed by atoms with Crippen molar-refractivity contribution in [2.45, 2.75) is 0 Å². The summed E-state index contributed by atoms with van der Waals surface area (Å²) < 4.78 is 0. The molecule has 0 saturated heterocycles. The van der Waals surface area contributed by atoms with Crippen molar-refractivity contribution in [2.75, 3.05) is 5.32 Å². The van der Waals surface area contributed by atoms with E-state index in [1.54, 1.807) is 18.1 Å². The molecule has 1 rings (SSSR count). The number of amides is 1. The molecule has 1 aromatic rings. The van der Waals surface area contributed by atoms with Gasteiger partial charge in [-0.25, -0.2) is 0 Å². The van der Waals surface area contributed by atoms with E-state index in [0.717, 1.165) is 5.00 Å². The van der Waals surface area contributed by atoms with Crippen LogP contribution in [0, 0.1) is 0 Å². The van der Waals surface area contributed by atoms with Crippen LogP contribution in [0.3, 0.4) is 0 Å². The molecule has 8 heavy (non-hydrogen) atoms. The Morgan fingerprint density at radius 3 is 3.25 bits per heavy atom. The summed E-state index contributed by atoms with van der Waals surface area (Å²) in [6.45, 7) is 0. The van der Waals surface area contributed by atoms with Crippen molar-refractivity contribution in [3.8, 4) is 0 Å². The van der Waals surface area contributed by atoms with Crippen LogP contribution in [-0.2, 0) is 4.79 Å². The van der Waals surface area contributed by atoms with Crippen molar-refractivity contribution in [1.29, 1.82) is 0 Å². The molecule has 1 heterocycles. The quantitative estimate of drug-likeness (QED) is 0.592. The van der Waals surface area contributed by atoms with E-state index in [2.05, 4.69) is 10.3 Å². The van der Waals surface area contributed by atoms with Crippen LogP contribution >= 0.6 is 11.3 Å². The lowest BCUT2D eigenvalue weighted by molar-refractivity contribution is 0.561. The SMILES string of the molecule is O=[C]Nc1cncs1. The van der Waals surface area contributed by atoms with Crippen molar-refractivity contribution in [1.82, 2.24) is 4.98 Å². The summed E-state index contributed by atoms with van der Waals surface area (Å²) >= 11 is 1.36. The minimum Gasteiger partial charge on any atom is -0.308 e. The van der Waals surface area contributed by atoms with Gasteiger partial charge in [0.15, 0.2) is 0 Å². The highest BCUT2D eigenvalue weighted by atomic mass is 32.1. The Bertz CT molecular complexity index is 161. The molecule has 1 radical (unpaired) electrons. The lowest BCUT2D eigenvalue weighted by Crippen LogP contribution is -1.88. The summed E-state index contributed by atoms with van der Waals surface area (Å²) in [5.41, 5.74) is 1.64. The molecule has 0 aromatic carbocycles. The van der Waals surface area contributed by atoms with E-state index in [-0.39, 0.29) is 0 Å². The Labute approximate surface area is 50.4 Å². The first-order chi connectivity index (χ1) is 3.93. The molecule has 1 aromatic heterocycles. The number of hydrogen-bond acceptors (Lipinski definition) is 3. The average Bonchev–Trinajstić information content (AvgIpc) is 2.19. The van der Waals surface area contributed by atoms with Crippen LogP contribution in [0.15, 0.2) is 11.7 Å².